The van der Waals surface area contributed by atoms with E-state index in [1.54, 1.807) is 0 Å². The van der Waals surface area contributed by atoms with E-state index < -0.39 is 0 Å². The lowest BCUT2D eigenvalue weighted by Crippen LogP contribution is -2.21. The van der Waals surface area contributed by atoms with E-state index in [1.807, 2.05) is 26.1 Å². The molecule has 0 aromatic heterocycles. The zero-order valence-corrected chi connectivity index (χ0v) is 13.7. The minimum Gasteiger partial charge on any atom is -0.494 e. The summed E-state index contributed by atoms with van der Waals surface area (Å²) in [6.07, 6.45) is 9.07. The van der Waals surface area contributed by atoms with Gasteiger partial charge in [0.1, 0.15) is 5.76 Å². The molecule has 0 aliphatic heterocycles. The second-order valence-electron chi connectivity index (χ2n) is 5.83. The van der Waals surface area contributed by atoms with Crippen molar-refractivity contribution >= 4 is 5.71 Å². The Balaban J connectivity index is 0.00000400. The van der Waals surface area contributed by atoms with Crippen LogP contribution in [0.5, 0.6) is 0 Å². The van der Waals surface area contributed by atoms with Gasteiger partial charge in [-0.15, -0.1) is 0 Å². The first-order valence-electron chi connectivity index (χ1n) is 7.60. The van der Waals surface area contributed by atoms with Gasteiger partial charge in [0, 0.05) is 19.8 Å². The van der Waals surface area contributed by atoms with Crippen LogP contribution in [0.2, 0.25) is 0 Å². The molecule has 0 N–H and O–H groups in total. The molecule has 1 aliphatic carbocycles. The Morgan fingerprint density at radius 3 is 2.30 bits per heavy atom. The van der Waals surface area contributed by atoms with Crippen LogP contribution in [0.25, 0.3) is 0 Å². The Labute approximate surface area is 125 Å². The summed E-state index contributed by atoms with van der Waals surface area (Å²) in [5.41, 5.74) is 3.29. The molecule has 0 atom stereocenters. The molecule has 0 bridgehead atoms. The maximum absolute atomic E-state index is 6.22. The lowest BCUT2D eigenvalue weighted by atomic mass is 9.89. The second kappa shape index (κ2) is 8.08. The molecule has 0 aromatic rings. The number of allylic oxidation sites excluding steroid dienone is 5. The first kappa shape index (κ1) is 16.7. The van der Waals surface area contributed by atoms with Crippen LogP contribution in [0.15, 0.2) is 40.6 Å². The Morgan fingerprint density at radius 2 is 1.80 bits per heavy atom. The molecular weight excluding hydrogens is 246 g/mol. The van der Waals surface area contributed by atoms with Crippen molar-refractivity contribution < 1.29 is 6.16 Å². The fraction of sp³-hybridized carbons (Fsp3) is 0.611. The van der Waals surface area contributed by atoms with Crippen LogP contribution in [-0.4, -0.2) is 18.9 Å². The van der Waals surface area contributed by atoms with Gasteiger partial charge < -0.3 is 4.74 Å². The summed E-state index contributed by atoms with van der Waals surface area (Å²) in [6.45, 7) is 12.3. The van der Waals surface area contributed by atoms with E-state index in [1.165, 1.54) is 25.7 Å². The molecule has 1 saturated carbocycles. The minimum atomic E-state index is 0. The molecule has 2 nitrogen and oxygen atoms in total. The molecule has 0 amide bonds. The maximum atomic E-state index is 6.22. The molecule has 0 unspecified atom stereocenters. The topological polar surface area (TPSA) is 21.6 Å². The van der Waals surface area contributed by atoms with Gasteiger partial charge in [-0.05, 0) is 57.9 Å². The normalized spacial score (nSPS) is 26.1. The van der Waals surface area contributed by atoms with Crippen molar-refractivity contribution in [2.45, 2.75) is 59.5 Å². The monoisotopic (exact) mass is 277 g/mol. The van der Waals surface area contributed by atoms with Crippen molar-refractivity contribution in [1.29, 1.82) is 0 Å². The average molecular weight is 277 g/mol. The van der Waals surface area contributed by atoms with Crippen LogP contribution < -0.4 is 0 Å². The average Bonchev–Trinajstić information content (AvgIpc) is 2.41. The van der Waals surface area contributed by atoms with Crippen LogP contribution in [0.4, 0.5) is 0 Å². The smallest absolute Gasteiger partial charge is 0.103 e. The van der Waals surface area contributed by atoms with E-state index in [2.05, 4.69) is 32.3 Å². The fourth-order valence-electron chi connectivity index (χ4n) is 2.85. The van der Waals surface area contributed by atoms with Gasteiger partial charge in [-0.3, -0.25) is 4.99 Å². The van der Waals surface area contributed by atoms with E-state index in [4.69, 9.17) is 4.74 Å². The van der Waals surface area contributed by atoms with Crippen molar-refractivity contribution in [3.05, 3.63) is 35.6 Å². The summed E-state index contributed by atoms with van der Waals surface area (Å²) in [7, 11) is 1.83. The van der Waals surface area contributed by atoms with Crippen LogP contribution in [-0.2, 0) is 4.74 Å². The predicted octanol–water partition coefficient (Wildman–Crippen LogP) is 5.32. The van der Waals surface area contributed by atoms with Crippen molar-refractivity contribution in [2.24, 2.45) is 10.9 Å². The Kier molecular flexibility index (Phi) is 6.77. The van der Waals surface area contributed by atoms with Crippen LogP contribution in [0.3, 0.4) is 0 Å². The van der Waals surface area contributed by atoms with E-state index >= 15 is 0 Å². The minimum absolute atomic E-state index is 0. The summed E-state index contributed by atoms with van der Waals surface area (Å²) in [6, 6.07) is 0. The summed E-state index contributed by atoms with van der Waals surface area (Å²) in [5.74, 6) is 1.84. The number of nitrogens with zero attached hydrogens (tertiary/aromatic N) is 1. The Bertz CT molecular complexity index is 426. The molecule has 0 spiro atoms. The quantitative estimate of drug-likeness (QED) is 0.378. The molecule has 1 aliphatic rings. The van der Waals surface area contributed by atoms with Crippen LogP contribution >= 0.6 is 0 Å². The summed E-state index contributed by atoms with van der Waals surface area (Å²) in [5, 5.41) is 0. The summed E-state index contributed by atoms with van der Waals surface area (Å²) < 4.78 is 6.22. The van der Waals surface area contributed by atoms with Gasteiger partial charge in [-0.2, -0.15) is 0 Å². The van der Waals surface area contributed by atoms with E-state index in [0.717, 1.165) is 28.5 Å². The molecule has 0 radical (unpaired) electrons. The van der Waals surface area contributed by atoms with E-state index in [9.17, 15) is 0 Å². The van der Waals surface area contributed by atoms with Gasteiger partial charge >= 0.3 is 0 Å². The van der Waals surface area contributed by atoms with Gasteiger partial charge in [-0.1, -0.05) is 25.7 Å². The van der Waals surface area contributed by atoms with Crippen molar-refractivity contribution in [3.8, 4) is 0 Å². The van der Waals surface area contributed by atoms with Crippen LogP contribution in [0, 0.1) is 5.92 Å². The van der Waals surface area contributed by atoms with Gasteiger partial charge in [0.15, 0.2) is 0 Å². The molecular formula is C18H31NO. The van der Waals surface area contributed by atoms with Crippen molar-refractivity contribution in [3.63, 3.8) is 0 Å². The lowest BCUT2D eigenvalue weighted by Gasteiger charge is -2.28. The van der Waals surface area contributed by atoms with Crippen molar-refractivity contribution in [2.75, 3.05) is 7.05 Å². The highest BCUT2D eigenvalue weighted by molar-refractivity contribution is 6.02. The lowest BCUT2D eigenvalue weighted by molar-refractivity contribution is 0.0703. The number of ether oxygens (including phenoxy) is 1. The SMILES string of the molecule is C=C/C=C(C)\C(C(C)=NC)=C(/C)OC1CCC(C)CC1.[HH]. The van der Waals surface area contributed by atoms with Gasteiger partial charge in [0.25, 0.3) is 0 Å². The molecule has 0 saturated heterocycles. The summed E-state index contributed by atoms with van der Waals surface area (Å²) in [4.78, 5) is 4.32. The standard InChI is InChI=1S/C18H29NO.H2/c1-7-8-14(3)18(15(4)19-6)16(5)20-17-11-9-13(2)10-12-17;/h7-8,13,17H,1,9-12H2,2-6H3;1H/b14-8-,18-16-,19-15?;. The van der Waals surface area contributed by atoms with E-state index in [0.29, 0.717) is 6.10 Å². The first-order chi connectivity index (χ1) is 9.49. The highest BCUT2D eigenvalue weighted by Crippen LogP contribution is 2.28. The third-order valence-corrected chi connectivity index (χ3v) is 4.12. The van der Waals surface area contributed by atoms with Gasteiger partial charge in [0.05, 0.1) is 6.10 Å². The Morgan fingerprint density at radius 1 is 1.20 bits per heavy atom. The zero-order chi connectivity index (χ0) is 15.1. The Hall–Kier alpha value is -1.31. The number of rotatable bonds is 5. The van der Waals surface area contributed by atoms with Crippen LogP contribution in [0.1, 0.15) is 54.8 Å². The predicted molar refractivity (Wildman–Crippen MR) is 90.3 cm³/mol. The molecule has 0 heterocycles. The molecule has 1 rings (SSSR count). The van der Waals surface area contributed by atoms with Crippen molar-refractivity contribution in [1.82, 2.24) is 0 Å². The third kappa shape index (κ3) is 4.66. The fourth-order valence-corrected chi connectivity index (χ4v) is 2.85. The van der Waals surface area contributed by atoms with E-state index in [-0.39, 0.29) is 1.43 Å². The largest absolute Gasteiger partial charge is 0.494 e. The van der Waals surface area contributed by atoms with Gasteiger partial charge in [-0.25, -0.2) is 0 Å². The number of aliphatic imine (C=N–C) groups is 1. The molecule has 1 fully saturated rings. The number of hydrogen-bond acceptors (Lipinski definition) is 2. The molecule has 20 heavy (non-hydrogen) atoms. The second-order valence-corrected chi connectivity index (χ2v) is 5.83. The molecule has 114 valence electrons. The molecule has 0 aromatic carbocycles. The molecule has 2 heteroatoms. The maximum Gasteiger partial charge on any atom is 0.103 e. The van der Waals surface area contributed by atoms with Gasteiger partial charge in [0.2, 0.25) is 0 Å². The third-order valence-electron chi connectivity index (χ3n) is 4.12. The summed E-state index contributed by atoms with van der Waals surface area (Å²) >= 11 is 0. The highest BCUT2D eigenvalue weighted by atomic mass is 16.5. The highest BCUT2D eigenvalue weighted by Gasteiger charge is 2.21. The first-order valence-corrected chi connectivity index (χ1v) is 7.60. The zero-order valence-electron chi connectivity index (χ0n) is 13.7. The number of hydrogen-bond donors (Lipinski definition) is 0.